The number of nitrogens with zero attached hydrogens (tertiary/aromatic N) is 2. The molecule has 0 aromatic heterocycles. The summed E-state index contributed by atoms with van der Waals surface area (Å²) >= 11 is 0. The van der Waals surface area contributed by atoms with Crippen molar-refractivity contribution in [1.29, 1.82) is 0 Å². The highest BCUT2D eigenvalue weighted by Crippen LogP contribution is 2.32. The van der Waals surface area contributed by atoms with Gasteiger partial charge in [0.2, 0.25) is 0 Å². The standard InChI is InChI=1S/C23H22N2/c1-18-22(17-19-11-5-2-6-12-19)25(21-15-9-4-10-16-21)24-23(18)20-13-7-3-8-14-20/h2-16,18,22H,17H2,1H3. The number of para-hydroxylation sites is 1. The quantitative estimate of drug-likeness (QED) is 0.647. The summed E-state index contributed by atoms with van der Waals surface area (Å²) in [6.45, 7) is 2.29. The largest absolute Gasteiger partial charge is 0.261 e. The van der Waals surface area contributed by atoms with Gasteiger partial charge in [0.1, 0.15) is 0 Å². The molecule has 0 saturated carbocycles. The molecule has 0 amide bonds. The van der Waals surface area contributed by atoms with Crippen molar-refractivity contribution in [2.24, 2.45) is 11.0 Å². The zero-order valence-electron chi connectivity index (χ0n) is 14.4. The van der Waals surface area contributed by atoms with Crippen molar-refractivity contribution < 1.29 is 0 Å². The molecule has 0 N–H and O–H groups in total. The summed E-state index contributed by atoms with van der Waals surface area (Å²) in [6.07, 6.45) is 0.983. The molecule has 1 aliphatic rings. The minimum Gasteiger partial charge on any atom is -0.261 e. The second kappa shape index (κ2) is 6.94. The molecule has 1 aliphatic heterocycles. The second-order valence-corrected chi connectivity index (χ2v) is 6.58. The maximum atomic E-state index is 5.04. The van der Waals surface area contributed by atoms with Gasteiger partial charge in [0, 0.05) is 5.92 Å². The van der Waals surface area contributed by atoms with Crippen LogP contribution in [0.15, 0.2) is 96.1 Å². The highest BCUT2D eigenvalue weighted by Gasteiger charge is 2.35. The summed E-state index contributed by atoms with van der Waals surface area (Å²) in [5.41, 5.74) is 4.89. The molecule has 0 fully saturated rings. The molecule has 1 heterocycles. The lowest BCUT2D eigenvalue weighted by molar-refractivity contribution is 0.555. The predicted molar refractivity (Wildman–Crippen MR) is 105 cm³/mol. The highest BCUT2D eigenvalue weighted by atomic mass is 15.5. The minimum absolute atomic E-state index is 0.319. The molecule has 2 unspecified atom stereocenters. The molecule has 2 atom stereocenters. The normalized spacial score (nSPS) is 19.7. The number of hydrazone groups is 1. The Balaban J connectivity index is 1.71. The second-order valence-electron chi connectivity index (χ2n) is 6.58. The molecule has 0 spiro atoms. The maximum Gasteiger partial charge on any atom is 0.0731 e. The van der Waals surface area contributed by atoms with Gasteiger partial charge < -0.3 is 0 Å². The van der Waals surface area contributed by atoms with E-state index in [2.05, 4.69) is 103 Å². The lowest BCUT2D eigenvalue weighted by Crippen LogP contribution is -2.34. The Labute approximate surface area is 149 Å². The molecule has 3 aromatic rings. The summed E-state index contributed by atoms with van der Waals surface area (Å²) in [6, 6.07) is 32.1. The first kappa shape index (κ1) is 15.6. The van der Waals surface area contributed by atoms with Crippen molar-refractivity contribution in [3.8, 4) is 0 Å². The average Bonchev–Trinajstić information content (AvgIpc) is 3.01. The molecule has 2 heteroatoms. The van der Waals surface area contributed by atoms with E-state index in [4.69, 9.17) is 5.10 Å². The molecule has 3 aromatic carbocycles. The van der Waals surface area contributed by atoms with Crippen LogP contribution in [-0.2, 0) is 6.42 Å². The summed E-state index contributed by atoms with van der Waals surface area (Å²) in [5, 5.41) is 7.25. The summed E-state index contributed by atoms with van der Waals surface area (Å²) < 4.78 is 0. The van der Waals surface area contributed by atoms with Crippen LogP contribution in [0.3, 0.4) is 0 Å². The number of hydrogen-bond acceptors (Lipinski definition) is 2. The fourth-order valence-electron chi connectivity index (χ4n) is 3.55. The van der Waals surface area contributed by atoms with Gasteiger partial charge in [-0.1, -0.05) is 85.8 Å². The minimum atomic E-state index is 0.319. The lowest BCUT2D eigenvalue weighted by Gasteiger charge is -2.26. The molecule has 0 radical (unpaired) electrons. The van der Waals surface area contributed by atoms with Gasteiger partial charge in [-0.3, -0.25) is 5.01 Å². The first-order valence-electron chi connectivity index (χ1n) is 8.85. The molecule has 124 valence electrons. The van der Waals surface area contributed by atoms with Crippen molar-refractivity contribution in [1.82, 2.24) is 0 Å². The van der Waals surface area contributed by atoms with Gasteiger partial charge >= 0.3 is 0 Å². The SMILES string of the molecule is CC1C(c2ccccc2)=NN(c2ccccc2)C1Cc1ccccc1. The summed E-state index contributed by atoms with van der Waals surface area (Å²) in [7, 11) is 0. The Hall–Kier alpha value is -2.87. The predicted octanol–water partition coefficient (Wildman–Crippen LogP) is 5.16. The maximum absolute atomic E-state index is 5.04. The van der Waals surface area contributed by atoms with Crippen molar-refractivity contribution in [3.63, 3.8) is 0 Å². The average molecular weight is 326 g/mol. The molecular formula is C23H22N2. The third-order valence-electron chi connectivity index (χ3n) is 4.92. The Bertz CT molecular complexity index is 841. The number of rotatable bonds is 4. The summed E-state index contributed by atoms with van der Waals surface area (Å²) in [5.74, 6) is 0.364. The van der Waals surface area contributed by atoms with E-state index < -0.39 is 0 Å². The van der Waals surface area contributed by atoms with Crippen molar-refractivity contribution in [2.45, 2.75) is 19.4 Å². The van der Waals surface area contributed by atoms with Crippen LogP contribution in [-0.4, -0.2) is 11.8 Å². The van der Waals surface area contributed by atoms with Gasteiger partial charge in [-0.15, -0.1) is 0 Å². The van der Waals surface area contributed by atoms with Gasteiger partial charge in [-0.25, -0.2) is 0 Å². The van der Waals surface area contributed by atoms with E-state index in [9.17, 15) is 0 Å². The number of anilines is 1. The number of hydrogen-bond donors (Lipinski definition) is 0. The van der Waals surface area contributed by atoms with Gasteiger partial charge in [0.25, 0.3) is 0 Å². The van der Waals surface area contributed by atoms with Crippen LogP contribution in [0.5, 0.6) is 0 Å². The van der Waals surface area contributed by atoms with E-state index in [0.717, 1.165) is 12.1 Å². The first-order valence-corrected chi connectivity index (χ1v) is 8.85. The van der Waals surface area contributed by atoms with Crippen LogP contribution in [0.1, 0.15) is 18.1 Å². The van der Waals surface area contributed by atoms with Crippen molar-refractivity contribution >= 4 is 11.4 Å². The first-order chi connectivity index (χ1) is 12.3. The lowest BCUT2D eigenvalue weighted by atomic mass is 9.89. The van der Waals surface area contributed by atoms with E-state index in [1.807, 2.05) is 0 Å². The molecular weight excluding hydrogens is 304 g/mol. The van der Waals surface area contributed by atoms with Crippen molar-refractivity contribution in [2.75, 3.05) is 5.01 Å². The van der Waals surface area contributed by atoms with Crippen LogP contribution in [0.2, 0.25) is 0 Å². The Morgan fingerprint density at radius 2 is 1.32 bits per heavy atom. The van der Waals surface area contributed by atoms with E-state index in [0.29, 0.717) is 12.0 Å². The van der Waals surface area contributed by atoms with E-state index in [1.165, 1.54) is 16.8 Å². The van der Waals surface area contributed by atoms with Crippen LogP contribution < -0.4 is 5.01 Å². The monoisotopic (exact) mass is 326 g/mol. The number of benzene rings is 3. The van der Waals surface area contributed by atoms with E-state index in [1.54, 1.807) is 0 Å². The highest BCUT2D eigenvalue weighted by molar-refractivity contribution is 6.04. The molecule has 0 aliphatic carbocycles. The van der Waals surface area contributed by atoms with E-state index in [-0.39, 0.29) is 0 Å². The van der Waals surface area contributed by atoms with Crippen LogP contribution in [0, 0.1) is 5.92 Å². The topological polar surface area (TPSA) is 15.6 Å². The fraction of sp³-hybridized carbons (Fsp3) is 0.174. The Morgan fingerprint density at radius 1 is 0.760 bits per heavy atom. The zero-order valence-corrected chi connectivity index (χ0v) is 14.4. The zero-order chi connectivity index (χ0) is 17.1. The van der Waals surface area contributed by atoms with Crippen molar-refractivity contribution in [3.05, 3.63) is 102 Å². The van der Waals surface area contributed by atoms with Gasteiger partial charge in [0.15, 0.2) is 0 Å². The fourth-order valence-corrected chi connectivity index (χ4v) is 3.55. The molecule has 25 heavy (non-hydrogen) atoms. The third-order valence-corrected chi connectivity index (χ3v) is 4.92. The third kappa shape index (κ3) is 3.20. The Kier molecular flexibility index (Phi) is 4.34. The van der Waals surface area contributed by atoms with E-state index >= 15 is 0 Å². The molecule has 2 nitrogen and oxygen atoms in total. The van der Waals surface area contributed by atoms with Gasteiger partial charge in [-0.2, -0.15) is 5.10 Å². The smallest absolute Gasteiger partial charge is 0.0731 e. The van der Waals surface area contributed by atoms with Gasteiger partial charge in [-0.05, 0) is 29.7 Å². The van der Waals surface area contributed by atoms with Gasteiger partial charge in [0.05, 0.1) is 17.4 Å². The molecule has 4 rings (SSSR count). The molecule has 0 bridgehead atoms. The van der Waals surface area contributed by atoms with Crippen LogP contribution >= 0.6 is 0 Å². The molecule has 0 saturated heterocycles. The Morgan fingerprint density at radius 3 is 1.96 bits per heavy atom. The van der Waals surface area contributed by atoms with Crippen LogP contribution in [0.4, 0.5) is 5.69 Å². The summed E-state index contributed by atoms with van der Waals surface area (Å²) in [4.78, 5) is 0. The van der Waals surface area contributed by atoms with Crippen LogP contribution in [0.25, 0.3) is 0 Å².